The van der Waals surface area contributed by atoms with Gasteiger partial charge in [-0.1, -0.05) is 23.7 Å². The Morgan fingerprint density at radius 2 is 2.04 bits per heavy atom. The van der Waals surface area contributed by atoms with Crippen molar-refractivity contribution in [3.8, 4) is 11.4 Å². The standard InChI is InChI=1S/C17H18ClN5O2/c1-10(2)19-14(24)9-22-11(3)8-15(25)23-17(22)20-16(21-23)12-6-4-5-7-13(12)18/h4-8,10H,9H2,1-3H3,(H,19,24). The molecule has 8 heteroatoms. The van der Waals surface area contributed by atoms with E-state index in [-0.39, 0.29) is 24.1 Å². The Morgan fingerprint density at radius 1 is 1.32 bits per heavy atom. The van der Waals surface area contributed by atoms with Crippen molar-refractivity contribution in [2.75, 3.05) is 0 Å². The van der Waals surface area contributed by atoms with Crippen molar-refractivity contribution < 1.29 is 4.79 Å². The second kappa shape index (κ2) is 6.68. The smallest absolute Gasteiger partial charge is 0.275 e. The molecular weight excluding hydrogens is 342 g/mol. The number of benzene rings is 1. The Hall–Kier alpha value is -2.67. The van der Waals surface area contributed by atoms with Gasteiger partial charge in [0.1, 0.15) is 6.54 Å². The number of hydrogen-bond donors (Lipinski definition) is 1. The fourth-order valence-corrected chi connectivity index (χ4v) is 2.79. The van der Waals surface area contributed by atoms with E-state index in [1.807, 2.05) is 19.9 Å². The van der Waals surface area contributed by atoms with Crippen LogP contribution in [0.2, 0.25) is 5.02 Å². The van der Waals surface area contributed by atoms with Crippen molar-refractivity contribution in [3.63, 3.8) is 0 Å². The van der Waals surface area contributed by atoms with Gasteiger partial charge >= 0.3 is 0 Å². The average molecular weight is 360 g/mol. The number of nitrogens with one attached hydrogen (secondary N) is 1. The van der Waals surface area contributed by atoms with Crippen LogP contribution in [0, 0.1) is 6.92 Å². The van der Waals surface area contributed by atoms with Gasteiger partial charge in [0.15, 0.2) is 5.82 Å². The SMILES string of the molecule is Cc1cc(=O)n2nc(-c3ccccc3Cl)nc2n1CC(=O)NC(C)C. The molecule has 3 aromatic rings. The molecule has 7 nitrogen and oxygen atoms in total. The number of nitrogens with zero attached hydrogens (tertiary/aromatic N) is 4. The molecule has 25 heavy (non-hydrogen) atoms. The zero-order chi connectivity index (χ0) is 18.1. The predicted molar refractivity (Wildman–Crippen MR) is 95.7 cm³/mol. The Morgan fingerprint density at radius 3 is 2.72 bits per heavy atom. The fourth-order valence-electron chi connectivity index (χ4n) is 2.57. The highest BCUT2D eigenvalue weighted by Crippen LogP contribution is 2.24. The summed E-state index contributed by atoms with van der Waals surface area (Å²) in [5.41, 5.74) is 0.955. The monoisotopic (exact) mass is 359 g/mol. The van der Waals surface area contributed by atoms with Crippen LogP contribution in [-0.4, -0.2) is 31.1 Å². The zero-order valence-electron chi connectivity index (χ0n) is 14.2. The van der Waals surface area contributed by atoms with E-state index in [9.17, 15) is 9.59 Å². The van der Waals surface area contributed by atoms with Gasteiger partial charge < -0.3 is 9.88 Å². The van der Waals surface area contributed by atoms with E-state index in [0.29, 0.717) is 27.9 Å². The normalized spacial score (nSPS) is 11.2. The summed E-state index contributed by atoms with van der Waals surface area (Å²) in [6.45, 7) is 5.58. The van der Waals surface area contributed by atoms with Crippen LogP contribution in [0.4, 0.5) is 0 Å². The number of hydrogen-bond acceptors (Lipinski definition) is 4. The first-order chi connectivity index (χ1) is 11.9. The molecule has 1 aromatic carbocycles. The molecule has 0 bridgehead atoms. The summed E-state index contributed by atoms with van der Waals surface area (Å²) in [4.78, 5) is 28.9. The Kier molecular flexibility index (Phi) is 4.59. The minimum Gasteiger partial charge on any atom is -0.352 e. The average Bonchev–Trinajstić information content (AvgIpc) is 2.96. The van der Waals surface area contributed by atoms with Crippen LogP contribution >= 0.6 is 11.6 Å². The topological polar surface area (TPSA) is 81.3 Å². The molecule has 0 spiro atoms. The Bertz CT molecular complexity index is 1010. The molecular formula is C17H18ClN5O2. The highest BCUT2D eigenvalue weighted by Gasteiger charge is 2.16. The van der Waals surface area contributed by atoms with E-state index in [4.69, 9.17) is 11.6 Å². The van der Waals surface area contributed by atoms with Gasteiger partial charge in [-0.2, -0.15) is 9.50 Å². The van der Waals surface area contributed by atoms with Crippen LogP contribution in [0.5, 0.6) is 0 Å². The molecule has 1 N–H and O–H groups in total. The first-order valence-corrected chi connectivity index (χ1v) is 8.26. The highest BCUT2D eigenvalue weighted by molar-refractivity contribution is 6.33. The maximum absolute atomic E-state index is 12.3. The van der Waals surface area contributed by atoms with Gasteiger partial charge in [0.05, 0.1) is 5.02 Å². The molecule has 2 heterocycles. The molecule has 0 unspecified atom stereocenters. The molecule has 3 rings (SSSR count). The van der Waals surface area contributed by atoms with Gasteiger partial charge in [-0.15, -0.1) is 5.10 Å². The molecule has 0 radical (unpaired) electrons. The predicted octanol–water partition coefficient (Wildman–Crippen LogP) is 2.04. The van der Waals surface area contributed by atoms with Gasteiger partial charge in [-0.05, 0) is 32.9 Å². The number of fused-ring (bicyclic) bond motifs is 1. The summed E-state index contributed by atoms with van der Waals surface area (Å²) in [7, 11) is 0. The molecule has 0 saturated carbocycles. The van der Waals surface area contributed by atoms with Crippen LogP contribution in [0.15, 0.2) is 35.1 Å². The van der Waals surface area contributed by atoms with Crippen molar-refractivity contribution in [1.82, 2.24) is 24.5 Å². The minimum absolute atomic E-state index is 0.0276. The molecule has 130 valence electrons. The lowest BCUT2D eigenvalue weighted by Crippen LogP contribution is -2.34. The van der Waals surface area contributed by atoms with Crippen LogP contribution in [0.25, 0.3) is 17.2 Å². The summed E-state index contributed by atoms with van der Waals surface area (Å²) in [5, 5.41) is 7.59. The van der Waals surface area contributed by atoms with Gasteiger partial charge in [0, 0.05) is 23.4 Å². The lowest BCUT2D eigenvalue weighted by molar-refractivity contribution is -0.122. The third kappa shape index (κ3) is 3.41. The molecule has 0 aliphatic rings. The zero-order valence-corrected chi connectivity index (χ0v) is 14.9. The van der Waals surface area contributed by atoms with Crippen LogP contribution in [0.3, 0.4) is 0 Å². The summed E-state index contributed by atoms with van der Waals surface area (Å²) < 4.78 is 2.85. The van der Waals surface area contributed by atoms with Crippen molar-refractivity contribution >= 4 is 23.3 Å². The molecule has 0 saturated heterocycles. The van der Waals surface area contributed by atoms with E-state index in [2.05, 4.69) is 15.4 Å². The molecule has 0 aliphatic carbocycles. The van der Waals surface area contributed by atoms with Crippen LogP contribution in [0.1, 0.15) is 19.5 Å². The molecule has 2 aromatic heterocycles. The van der Waals surface area contributed by atoms with Crippen molar-refractivity contribution in [3.05, 3.63) is 51.4 Å². The van der Waals surface area contributed by atoms with Gasteiger partial charge in [0.25, 0.3) is 5.56 Å². The van der Waals surface area contributed by atoms with E-state index < -0.39 is 0 Å². The Balaban J connectivity index is 2.13. The Labute approximate surface area is 149 Å². The summed E-state index contributed by atoms with van der Waals surface area (Å²) in [5.74, 6) is 0.482. The number of carbonyl (C=O) groups excluding carboxylic acids is 1. The van der Waals surface area contributed by atoms with Gasteiger partial charge in [-0.3, -0.25) is 9.59 Å². The highest BCUT2D eigenvalue weighted by atomic mass is 35.5. The van der Waals surface area contributed by atoms with E-state index >= 15 is 0 Å². The fraction of sp³-hybridized carbons (Fsp3) is 0.294. The maximum atomic E-state index is 12.3. The number of amides is 1. The summed E-state index contributed by atoms with van der Waals surface area (Å²) in [6, 6.07) is 8.60. The molecule has 1 amide bonds. The first kappa shape index (κ1) is 17.2. The minimum atomic E-state index is -0.307. The van der Waals surface area contributed by atoms with Gasteiger partial charge in [0.2, 0.25) is 11.7 Å². The number of halogens is 1. The van der Waals surface area contributed by atoms with Crippen molar-refractivity contribution in [1.29, 1.82) is 0 Å². The maximum Gasteiger partial charge on any atom is 0.275 e. The number of carbonyl (C=O) groups is 1. The lowest BCUT2D eigenvalue weighted by atomic mass is 10.2. The number of aryl methyl sites for hydroxylation is 1. The third-order valence-corrected chi connectivity index (χ3v) is 3.99. The van der Waals surface area contributed by atoms with E-state index in [1.54, 1.807) is 29.7 Å². The second-order valence-corrected chi connectivity index (χ2v) is 6.47. The van der Waals surface area contributed by atoms with Crippen molar-refractivity contribution in [2.45, 2.75) is 33.4 Å². The summed E-state index contributed by atoms with van der Waals surface area (Å²) >= 11 is 6.20. The van der Waals surface area contributed by atoms with Crippen LogP contribution in [-0.2, 0) is 11.3 Å². The molecule has 0 fully saturated rings. The van der Waals surface area contributed by atoms with Gasteiger partial charge in [-0.25, -0.2) is 0 Å². The quantitative estimate of drug-likeness (QED) is 0.773. The lowest BCUT2D eigenvalue weighted by Gasteiger charge is -2.13. The summed E-state index contributed by atoms with van der Waals surface area (Å²) in [6.07, 6.45) is 0. The first-order valence-electron chi connectivity index (χ1n) is 7.88. The van der Waals surface area contributed by atoms with Crippen LogP contribution < -0.4 is 10.9 Å². The molecule has 0 atom stereocenters. The number of aromatic nitrogens is 4. The van der Waals surface area contributed by atoms with Crippen molar-refractivity contribution in [2.24, 2.45) is 0 Å². The number of rotatable bonds is 4. The second-order valence-electron chi connectivity index (χ2n) is 6.06. The van der Waals surface area contributed by atoms with E-state index in [1.165, 1.54) is 10.6 Å². The third-order valence-electron chi connectivity index (χ3n) is 3.66. The molecule has 0 aliphatic heterocycles. The largest absolute Gasteiger partial charge is 0.352 e. The van der Waals surface area contributed by atoms with E-state index in [0.717, 1.165) is 0 Å².